The molecule has 0 saturated carbocycles. The number of aromatic nitrogens is 1. The van der Waals surface area contributed by atoms with Gasteiger partial charge in [-0.1, -0.05) is 0 Å². The molecule has 0 aliphatic rings. The summed E-state index contributed by atoms with van der Waals surface area (Å²) in [6.45, 7) is -0.142. The molecule has 0 amide bonds. The normalized spacial score (nSPS) is 10.4. The number of nitrogens with zero attached hydrogens (tertiary/aromatic N) is 2. The standard InChI is InChI=1S/C11H7BrN2O6/c12-7-3-8(14(18)19)10(15)13(5-7)4-6-1-2-20-9(6)11(16)17/h1-3,5H,4H2,(H,16,17). The van der Waals surface area contributed by atoms with Crippen molar-refractivity contribution in [1.82, 2.24) is 4.57 Å². The third-order valence-corrected chi connectivity index (χ3v) is 2.95. The van der Waals surface area contributed by atoms with Crippen LogP contribution in [0.25, 0.3) is 0 Å². The van der Waals surface area contributed by atoms with Gasteiger partial charge in [-0.25, -0.2) is 4.79 Å². The molecule has 0 aliphatic heterocycles. The first kappa shape index (κ1) is 14.0. The van der Waals surface area contributed by atoms with Crippen molar-refractivity contribution in [3.05, 3.63) is 60.9 Å². The SMILES string of the molecule is O=C(O)c1occc1Cn1cc(Br)cc([N+](=O)[O-])c1=O. The third-order valence-electron chi connectivity index (χ3n) is 2.51. The Morgan fingerprint density at radius 2 is 2.25 bits per heavy atom. The second-order valence-electron chi connectivity index (χ2n) is 3.81. The van der Waals surface area contributed by atoms with Crippen LogP contribution < -0.4 is 5.56 Å². The molecular formula is C11H7BrN2O6. The van der Waals surface area contributed by atoms with E-state index >= 15 is 0 Å². The van der Waals surface area contributed by atoms with Gasteiger partial charge in [0.05, 0.1) is 17.7 Å². The van der Waals surface area contributed by atoms with Crippen molar-refractivity contribution >= 4 is 27.6 Å². The Bertz CT molecular complexity index is 748. The van der Waals surface area contributed by atoms with Crippen molar-refractivity contribution in [2.24, 2.45) is 0 Å². The molecule has 0 aliphatic carbocycles. The second kappa shape index (κ2) is 5.29. The van der Waals surface area contributed by atoms with Crippen molar-refractivity contribution in [2.75, 3.05) is 0 Å². The van der Waals surface area contributed by atoms with Gasteiger partial charge in [0.2, 0.25) is 5.76 Å². The highest BCUT2D eigenvalue weighted by Gasteiger charge is 2.19. The molecule has 0 saturated heterocycles. The highest BCUT2D eigenvalue weighted by atomic mass is 79.9. The van der Waals surface area contributed by atoms with E-state index in [9.17, 15) is 19.7 Å². The van der Waals surface area contributed by atoms with Crippen LogP contribution in [0.2, 0.25) is 0 Å². The predicted molar refractivity (Wildman–Crippen MR) is 69.8 cm³/mol. The minimum absolute atomic E-state index is 0.142. The number of hydrogen-bond donors (Lipinski definition) is 1. The molecule has 0 radical (unpaired) electrons. The molecule has 8 nitrogen and oxygen atoms in total. The van der Waals surface area contributed by atoms with E-state index < -0.39 is 22.1 Å². The van der Waals surface area contributed by atoms with Crippen molar-refractivity contribution in [2.45, 2.75) is 6.54 Å². The van der Waals surface area contributed by atoms with Gasteiger partial charge in [-0.15, -0.1) is 0 Å². The molecule has 0 fully saturated rings. The number of carboxylic acid groups (broad SMARTS) is 1. The Morgan fingerprint density at radius 1 is 1.55 bits per heavy atom. The summed E-state index contributed by atoms with van der Waals surface area (Å²) < 4.78 is 6.16. The van der Waals surface area contributed by atoms with Gasteiger partial charge in [-0.3, -0.25) is 14.9 Å². The van der Waals surface area contributed by atoms with E-state index in [2.05, 4.69) is 15.9 Å². The van der Waals surface area contributed by atoms with E-state index in [0.717, 1.165) is 10.6 Å². The molecule has 1 N–H and O–H groups in total. The number of carbonyl (C=O) groups is 1. The minimum atomic E-state index is -1.28. The van der Waals surface area contributed by atoms with Gasteiger partial charge < -0.3 is 14.1 Å². The number of furan rings is 1. The summed E-state index contributed by atoms with van der Waals surface area (Å²) in [5, 5.41) is 19.7. The lowest BCUT2D eigenvalue weighted by atomic mass is 10.2. The fraction of sp³-hybridized carbons (Fsp3) is 0.0909. The van der Waals surface area contributed by atoms with E-state index in [0.29, 0.717) is 4.47 Å². The van der Waals surface area contributed by atoms with Crippen LogP contribution in [0.1, 0.15) is 16.1 Å². The fourth-order valence-electron chi connectivity index (χ4n) is 1.66. The molecule has 0 spiro atoms. The Balaban J connectivity index is 2.49. The van der Waals surface area contributed by atoms with Gasteiger partial charge in [-0.2, -0.15) is 0 Å². The van der Waals surface area contributed by atoms with Crippen LogP contribution in [0, 0.1) is 10.1 Å². The number of nitro groups is 1. The van der Waals surface area contributed by atoms with Crippen molar-refractivity contribution in [1.29, 1.82) is 0 Å². The Morgan fingerprint density at radius 3 is 2.85 bits per heavy atom. The summed E-state index contributed by atoms with van der Waals surface area (Å²) in [5.41, 5.74) is -1.18. The molecule has 0 bridgehead atoms. The Labute approximate surface area is 119 Å². The average Bonchev–Trinajstić information content (AvgIpc) is 2.81. The summed E-state index contributed by atoms with van der Waals surface area (Å²) in [6, 6.07) is 2.48. The van der Waals surface area contributed by atoms with Gasteiger partial charge >= 0.3 is 17.2 Å². The topological polar surface area (TPSA) is 116 Å². The molecule has 2 rings (SSSR count). The van der Waals surface area contributed by atoms with Crippen molar-refractivity contribution in [3.8, 4) is 0 Å². The zero-order valence-corrected chi connectivity index (χ0v) is 11.4. The largest absolute Gasteiger partial charge is 0.475 e. The van der Waals surface area contributed by atoms with Crippen molar-refractivity contribution < 1.29 is 19.2 Å². The van der Waals surface area contributed by atoms with Gasteiger partial charge in [0.1, 0.15) is 0 Å². The maximum absolute atomic E-state index is 11.9. The summed E-state index contributed by atoms with van der Waals surface area (Å²) in [5.74, 6) is -1.58. The van der Waals surface area contributed by atoms with Crippen LogP contribution in [0.5, 0.6) is 0 Å². The van der Waals surface area contributed by atoms with Gasteiger partial charge in [0, 0.05) is 22.3 Å². The van der Waals surface area contributed by atoms with E-state index in [1.165, 1.54) is 18.5 Å². The summed E-state index contributed by atoms with van der Waals surface area (Å²) in [4.78, 5) is 32.8. The van der Waals surface area contributed by atoms with Gasteiger partial charge in [0.25, 0.3) is 0 Å². The highest BCUT2D eigenvalue weighted by Crippen LogP contribution is 2.16. The number of halogens is 1. The quantitative estimate of drug-likeness (QED) is 0.669. The number of rotatable bonds is 4. The van der Waals surface area contributed by atoms with E-state index in [-0.39, 0.29) is 17.9 Å². The zero-order valence-electron chi connectivity index (χ0n) is 9.78. The Kier molecular flexibility index (Phi) is 3.70. The monoisotopic (exact) mass is 342 g/mol. The lowest BCUT2D eigenvalue weighted by molar-refractivity contribution is -0.386. The van der Waals surface area contributed by atoms with Gasteiger partial charge in [0.15, 0.2) is 0 Å². The number of pyridine rings is 1. The molecule has 2 heterocycles. The summed E-state index contributed by atoms with van der Waals surface area (Å²) in [6.07, 6.45) is 2.52. The summed E-state index contributed by atoms with van der Waals surface area (Å²) in [7, 11) is 0. The van der Waals surface area contributed by atoms with Crippen LogP contribution >= 0.6 is 15.9 Å². The maximum atomic E-state index is 11.9. The maximum Gasteiger partial charge on any atom is 0.372 e. The number of carboxylic acids is 1. The predicted octanol–water partition coefficient (Wildman–Crippen LogP) is 1.86. The highest BCUT2D eigenvalue weighted by molar-refractivity contribution is 9.10. The number of hydrogen-bond acceptors (Lipinski definition) is 5. The molecule has 20 heavy (non-hydrogen) atoms. The molecule has 9 heteroatoms. The van der Waals surface area contributed by atoms with Gasteiger partial charge in [-0.05, 0) is 22.0 Å². The molecule has 0 atom stereocenters. The molecular weight excluding hydrogens is 336 g/mol. The molecule has 104 valence electrons. The van der Waals surface area contributed by atoms with E-state index in [1.807, 2.05) is 0 Å². The molecule has 0 unspecified atom stereocenters. The smallest absolute Gasteiger partial charge is 0.372 e. The fourth-order valence-corrected chi connectivity index (χ4v) is 2.13. The van der Waals surface area contributed by atoms with E-state index in [4.69, 9.17) is 9.52 Å². The average molecular weight is 343 g/mol. The molecule has 2 aromatic rings. The second-order valence-corrected chi connectivity index (χ2v) is 4.73. The first-order chi connectivity index (χ1) is 9.40. The first-order valence-electron chi connectivity index (χ1n) is 5.24. The Hall–Kier alpha value is -2.42. The first-order valence-corrected chi connectivity index (χ1v) is 6.03. The lowest BCUT2D eigenvalue weighted by Crippen LogP contribution is -2.23. The molecule has 0 aromatic carbocycles. The lowest BCUT2D eigenvalue weighted by Gasteiger charge is -2.05. The molecule has 2 aromatic heterocycles. The summed E-state index contributed by atoms with van der Waals surface area (Å²) >= 11 is 3.06. The van der Waals surface area contributed by atoms with Crippen LogP contribution in [-0.2, 0) is 6.54 Å². The van der Waals surface area contributed by atoms with E-state index in [1.54, 1.807) is 0 Å². The third kappa shape index (κ3) is 2.62. The van der Waals surface area contributed by atoms with Crippen LogP contribution in [0.3, 0.4) is 0 Å². The van der Waals surface area contributed by atoms with Crippen LogP contribution in [0.15, 0.2) is 38.3 Å². The zero-order chi connectivity index (χ0) is 14.9. The van der Waals surface area contributed by atoms with Crippen LogP contribution in [-0.4, -0.2) is 20.6 Å². The minimum Gasteiger partial charge on any atom is -0.475 e. The number of aromatic carboxylic acids is 1. The van der Waals surface area contributed by atoms with Crippen molar-refractivity contribution in [3.63, 3.8) is 0 Å². The van der Waals surface area contributed by atoms with Crippen LogP contribution in [0.4, 0.5) is 5.69 Å².